The number of ketones is 5. The molecule has 4 aliphatic carbocycles. The van der Waals surface area contributed by atoms with E-state index in [4.69, 9.17) is 0 Å². The molecule has 0 atom stereocenters. The first-order valence-electron chi connectivity index (χ1n) is 22.4. The van der Waals surface area contributed by atoms with Crippen molar-refractivity contribution in [3.63, 3.8) is 0 Å². The predicted octanol–water partition coefficient (Wildman–Crippen LogP) is 11.0. The Morgan fingerprint density at radius 1 is 0.500 bits per heavy atom. The van der Waals surface area contributed by atoms with Crippen LogP contribution in [0.4, 0.5) is 34.1 Å². The lowest BCUT2D eigenvalue weighted by Gasteiger charge is -2.32. The molecule has 342 valence electrons. The van der Waals surface area contributed by atoms with Crippen LogP contribution < -0.4 is 27.0 Å². The van der Waals surface area contributed by atoms with E-state index in [1.165, 1.54) is 12.4 Å². The largest absolute Gasteiger partial charge is 0.504 e. The predicted molar refractivity (Wildman–Crippen MR) is 270 cm³/mol. The van der Waals surface area contributed by atoms with Crippen molar-refractivity contribution in [1.82, 2.24) is 0 Å². The number of fused-ring (bicyclic) bond motifs is 1. The third-order valence-electron chi connectivity index (χ3n) is 12.2. The number of para-hydroxylation sites is 4. The van der Waals surface area contributed by atoms with E-state index in [0.717, 1.165) is 22.5 Å². The number of nitrogens with one attached hydrogen (secondary N) is 5. The summed E-state index contributed by atoms with van der Waals surface area (Å²) in [6.07, 6.45) is 6.05. The topological polar surface area (TPSA) is 178 Å². The van der Waals surface area contributed by atoms with Crippen LogP contribution in [0, 0.1) is 25.7 Å². The number of carbonyl (C=O) groups excluding carboxylic acids is 5. The van der Waals surface area contributed by atoms with Crippen molar-refractivity contribution in [3.8, 4) is 0 Å². The Bertz CT molecular complexity index is 3150. The fourth-order valence-electron chi connectivity index (χ4n) is 8.79. The minimum Gasteiger partial charge on any atom is -0.504 e. The SMILES string of the molecule is CC1=CC2=C(C(C)C)C(=O)C(=O)C(C=Nc3ccccc3NNc3ccc(C)cc3)=C2C(=O)/C1=C1/C(=O)C2=C(C=C1C)C(C(C)C)=C(O)C(=O)/C2=C\Nc1ccccc1NNc1ccc(C)cc1. The van der Waals surface area contributed by atoms with E-state index in [0.29, 0.717) is 50.6 Å². The van der Waals surface area contributed by atoms with Crippen molar-refractivity contribution in [2.24, 2.45) is 16.8 Å². The van der Waals surface area contributed by atoms with Gasteiger partial charge in [-0.1, -0.05) is 99.5 Å². The van der Waals surface area contributed by atoms with Gasteiger partial charge in [0, 0.05) is 45.9 Å². The van der Waals surface area contributed by atoms with E-state index >= 15 is 9.59 Å². The van der Waals surface area contributed by atoms with E-state index in [-0.39, 0.29) is 44.9 Å². The zero-order valence-corrected chi connectivity index (χ0v) is 39.1. The van der Waals surface area contributed by atoms with Crippen LogP contribution in [-0.4, -0.2) is 40.2 Å². The number of aliphatic imine (C=N–C) groups is 1. The first-order valence-corrected chi connectivity index (χ1v) is 22.4. The minimum absolute atomic E-state index is 0.0131. The average molecular weight is 905 g/mol. The molecule has 0 aliphatic heterocycles. The molecule has 0 saturated heterocycles. The number of anilines is 5. The number of Topliss-reactive ketones (excluding diaryl/α,β-unsaturated/α-hetero) is 5. The molecule has 0 fully saturated rings. The number of rotatable bonds is 12. The Hall–Kier alpha value is -8.38. The van der Waals surface area contributed by atoms with Crippen LogP contribution in [0.1, 0.15) is 52.7 Å². The first-order chi connectivity index (χ1) is 32.5. The maximum atomic E-state index is 15.3. The smallest absolute Gasteiger partial charge is 0.235 e. The van der Waals surface area contributed by atoms with Gasteiger partial charge in [0.15, 0.2) is 17.3 Å². The summed E-state index contributed by atoms with van der Waals surface area (Å²) >= 11 is 0. The zero-order chi connectivity index (χ0) is 48.6. The summed E-state index contributed by atoms with van der Waals surface area (Å²) in [5.74, 6) is -4.90. The van der Waals surface area contributed by atoms with Crippen molar-refractivity contribution < 1.29 is 29.1 Å². The van der Waals surface area contributed by atoms with Gasteiger partial charge < -0.3 is 21.3 Å². The van der Waals surface area contributed by atoms with Gasteiger partial charge in [0.2, 0.25) is 17.3 Å². The highest BCUT2D eigenvalue weighted by Crippen LogP contribution is 2.46. The molecule has 0 radical (unpaired) electrons. The normalized spacial score (nSPS) is 18.2. The van der Waals surface area contributed by atoms with Gasteiger partial charge in [-0.2, -0.15) is 0 Å². The van der Waals surface area contributed by atoms with E-state index in [9.17, 15) is 19.5 Å². The number of hydrogen-bond donors (Lipinski definition) is 6. The number of aliphatic hydroxyl groups excluding tert-OH is 1. The molecule has 4 aliphatic rings. The van der Waals surface area contributed by atoms with Crippen LogP contribution in [-0.2, 0) is 24.0 Å². The highest BCUT2D eigenvalue weighted by atomic mass is 16.3. The fraction of sp³-hybridized carbons (Fsp3) is 0.179. The van der Waals surface area contributed by atoms with Gasteiger partial charge in [-0.25, -0.2) is 0 Å². The highest BCUT2D eigenvalue weighted by Gasteiger charge is 2.44. The molecule has 0 bridgehead atoms. The summed E-state index contributed by atoms with van der Waals surface area (Å²) < 4.78 is 0. The molecule has 6 N–H and O–H groups in total. The van der Waals surface area contributed by atoms with Crippen molar-refractivity contribution in [1.29, 1.82) is 0 Å². The second-order valence-electron chi connectivity index (χ2n) is 17.8. The van der Waals surface area contributed by atoms with Crippen molar-refractivity contribution >= 4 is 69.3 Å². The Morgan fingerprint density at radius 3 is 1.57 bits per heavy atom. The van der Waals surface area contributed by atoms with Crippen LogP contribution in [0.25, 0.3) is 0 Å². The zero-order valence-electron chi connectivity index (χ0n) is 39.1. The molecule has 12 nitrogen and oxygen atoms in total. The second kappa shape index (κ2) is 18.8. The summed E-state index contributed by atoms with van der Waals surface area (Å²) in [4.78, 5) is 77.7. The van der Waals surface area contributed by atoms with Gasteiger partial charge in [-0.3, -0.25) is 39.8 Å². The summed E-state index contributed by atoms with van der Waals surface area (Å²) in [6.45, 7) is 14.6. The van der Waals surface area contributed by atoms with Crippen molar-refractivity contribution in [2.45, 2.75) is 55.4 Å². The lowest BCUT2D eigenvalue weighted by Crippen LogP contribution is -2.34. The number of aryl methyl sites for hydroxylation is 2. The van der Waals surface area contributed by atoms with Crippen LogP contribution >= 0.6 is 0 Å². The number of allylic oxidation sites excluding steroid dienone is 14. The number of aliphatic hydroxyl groups is 1. The quantitative estimate of drug-likeness (QED) is 0.0262. The third kappa shape index (κ3) is 8.71. The van der Waals surface area contributed by atoms with E-state index in [1.54, 1.807) is 64.1 Å². The maximum absolute atomic E-state index is 15.3. The van der Waals surface area contributed by atoms with Crippen LogP contribution in [0.2, 0.25) is 0 Å². The number of hydrogen-bond acceptors (Lipinski definition) is 12. The van der Waals surface area contributed by atoms with Gasteiger partial charge >= 0.3 is 0 Å². The molecule has 0 saturated carbocycles. The Balaban J connectivity index is 1.22. The molecule has 12 heteroatoms. The standard InChI is InChI=1S/C56H52N6O6/c1-29(2)45-37-25-33(7)47(53(65)49(37)39(51(63)55(45)67)27-57-41-13-9-11-15-43(41)61-59-35-21-17-31(5)18-22-35)48-34(8)26-38-46(30(3)4)56(68)52(64)40(50(38)54(48)66)28-58-42-14-10-12-16-44(42)62-60-36-23-19-32(6)20-24-36/h9-30,57,59-62,67H,1-8H3/b39-27-,48-47+,58-28?. The summed E-state index contributed by atoms with van der Waals surface area (Å²) in [6, 6.07) is 30.0. The molecule has 0 heterocycles. The second-order valence-corrected chi connectivity index (χ2v) is 17.8. The monoisotopic (exact) mass is 904 g/mol. The molecule has 4 aromatic rings. The molecule has 68 heavy (non-hydrogen) atoms. The summed E-state index contributed by atoms with van der Waals surface area (Å²) in [7, 11) is 0. The van der Waals surface area contributed by atoms with Gasteiger partial charge in [-0.05, 0) is 110 Å². The molecule has 0 amide bonds. The van der Waals surface area contributed by atoms with Crippen LogP contribution in [0.5, 0.6) is 0 Å². The van der Waals surface area contributed by atoms with Crippen molar-refractivity contribution in [2.75, 3.05) is 27.0 Å². The number of carbonyl (C=O) groups is 5. The Morgan fingerprint density at radius 2 is 1.00 bits per heavy atom. The average Bonchev–Trinajstić information content (AvgIpc) is 3.30. The molecular formula is C56H52N6O6. The lowest BCUT2D eigenvalue weighted by atomic mass is 9.69. The summed E-state index contributed by atoms with van der Waals surface area (Å²) in [5, 5.41) is 14.7. The van der Waals surface area contributed by atoms with Crippen LogP contribution in [0.3, 0.4) is 0 Å². The Kier molecular flexibility index (Phi) is 12.8. The van der Waals surface area contributed by atoms with Gasteiger partial charge in [-0.15, -0.1) is 0 Å². The van der Waals surface area contributed by atoms with Gasteiger partial charge in [0.1, 0.15) is 0 Å². The Labute approximate surface area is 395 Å². The molecule has 0 spiro atoms. The van der Waals surface area contributed by atoms with E-state index in [1.807, 2.05) is 100 Å². The molecular weight excluding hydrogens is 853 g/mol. The fourth-order valence-corrected chi connectivity index (χ4v) is 8.79. The number of benzene rings is 4. The maximum Gasteiger partial charge on any atom is 0.235 e. The van der Waals surface area contributed by atoms with Crippen molar-refractivity contribution in [3.05, 3.63) is 199 Å². The minimum atomic E-state index is -0.891. The van der Waals surface area contributed by atoms with E-state index in [2.05, 4.69) is 32.0 Å². The first kappa shape index (κ1) is 46.2. The van der Waals surface area contributed by atoms with Crippen LogP contribution in [0.15, 0.2) is 193 Å². The molecule has 0 unspecified atom stereocenters. The highest BCUT2D eigenvalue weighted by molar-refractivity contribution is 6.56. The molecule has 0 aromatic heterocycles. The lowest BCUT2D eigenvalue weighted by molar-refractivity contribution is -0.132. The van der Waals surface area contributed by atoms with E-state index < -0.39 is 40.6 Å². The molecule has 4 aromatic carbocycles. The van der Waals surface area contributed by atoms with Gasteiger partial charge in [0.05, 0.1) is 45.3 Å². The van der Waals surface area contributed by atoms with Gasteiger partial charge in [0.25, 0.3) is 0 Å². The number of hydrazine groups is 2. The number of nitrogens with zero attached hydrogens (tertiary/aromatic N) is 1. The molecule has 8 rings (SSSR count). The summed E-state index contributed by atoms with van der Waals surface area (Å²) in [5.41, 5.74) is 20.4. The third-order valence-corrected chi connectivity index (χ3v) is 12.2.